The summed E-state index contributed by atoms with van der Waals surface area (Å²) in [4.78, 5) is 0. The van der Waals surface area contributed by atoms with Crippen molar-refractivity contribution in [3.8, 4) is 6.07 Å². The predicted octanol–water partition coefficient (Wildman–Crippen LogP) is 4.86. The summed E-state index contributed by atoms with van der Waals surface area (Å²) in [5.74, 6) is 1.32. The Kier molecular flexibility index (Phi) is 18.7. The van der Waals surface area contributed by atoms with Crippen molar-refractivity contribution in [1.82, 2.24) is 0 Å². The molecule has 92 valence electrons. The van der Waals surface area contributed by atoms with Crippen LogP contribution in [-0.4, -0.2) is 10.5 Å². The highest BCUT2D eigenvalue weighted by atomic mass is 32.2. The lowest BCUT2D eigenvalue weighted by atomic mass is 9.83. The summed E-state index contributed by atoms with van der Waals surface area (Å²) < 4.78 is 1.66. The van der Waals surface area contributed by atoms with Crippen molar-refractivity contribution >= 4 is 28.7 Å². The zero-order chi connectivity index (χ0) is 13.6. The fraction of sp³-hybridized carbons (Fsp3) is 0.538. The smallest absolute Gasteiger partial charge is 0.0687 e. The fourth-order valence-corrected chi connectivity index (χ4v) is 1.52. The van der Waals surface area contributed by atoms with E-state index in [1.807, 2.05) is 20.8 Å². The summed E-state index contributed by atoms with van der Waals surface area (Å²) in [6.45, 7) is 17.2. The van der Waals surface area contributed by atoms with Crippen LogP contribution in [0.2, 0.25) is 0 Å². The highest BCUT2D eigenvalue weighted by Crippen LogP contribution is 2.27. The summed E-state index contributed by atoms with van der Waals surface area (Å²) in [6.07, 6.45) is 1.75. The Labute approximate surface area is 111 Å². The predicted molar refractivity (Wildman–Crippen MR) is 81.8 cm³/mol. The van der Waals surface area contributed by atoms with Gasteiger partial charge >= 0.3 is 0 Å². The molecule has 0 bridgehead atoms. The van der Waals surface area contributed by atoms with Crippen molar-refractivity contribution in [2.24, 2.45) is 11.3 Å². The number of allylic oxidation sites excluding steroid dienone is 1. The van der Waals surface area contributed by atoms with Gasteiger partial charge in [-0.25, -0.2) is 0 Å². The van der Waals surface area contributed by atoms with Gasteiger partial charge in [0.15, 0.2) is 0 Å². The first-order valence-corrected chi connectivity index (χ1v) is 6.51. The second-order valence-corrected chi connectivity index (χ2v) is 5.01. The van der Waals surface area contributed by atoms with E-state index in [9.17, 15) is 0 Å². The quantitative estimate of drug-likeness (QED) is 0.531. The molecule has 0 heterocycles. The van der Waals surface area contributed by atoms with E-state index in [0.29, 0.717) is 5.92 Å². The van der Waals surface area contributed by atoms with E-state index in [4.69, 9.17) is 5.26 Å². The molecule has 0 radical (unpaired) electrons. The van der Waals surface area contributed by atoms with Gasteiger partial charge in [0.2, 0.25) is 0 Å². The minimum atomic E-state index is -0.231. The maximum atomic E-state index is 8.77. The Morgan fingerprint density at radius 3 is 2.12 bits per heavy atom. The summed E-state index contributed by atoms with van der Waals surface area (Å²) in [6, 6.07) is 2.29. The standard InChI is InChI=1S/C8H13NS2.C3H6.C2H4/c1-7(4-11-6-10)8(2,3)5-9;1-3-2;1-2/h6-7H,4H2,1-3H3;3H,1H2,2H3;1-2H2. The molecule has 0 fully saturated rings. The zero-order valence-corrected chi connectivity index (χ0v) is 12.5. The van der Waals surface area contributed by atoms with Crippen LogP contribution >= 0.6 is 24.0 Å². The minimum absolute atomic E-state index is 0.231. The lowest BCUT2D eigenvalue weighted by molar-refractivity contribution is 0.351. The Morgan fingerprint density at radius 2 is 1.88 bits per heavy atom. The molecule has 0 spiro atoms. The second-order valence-electron chi connectivity index (χ2n) is 3.57. The Bertz CT molecular complexity index is 216. The molecule has 0 saturated heterocycles. The average Bonchev–Trinajstić information content (AvgIpc) is 2.29. The van der Waals surface area contributed by atoms with Crippen LogP contribution in [-0.2, 0) is 0 Å². The molecule has 3 heteroatoms. The Hall–Kier alpha value is -0.590. The highest BCUT2D eigenvalue weighted by Gasteiger charge is 2.24. The molecule has 0 N–H and O–H groups in total. The van der Waals surface area contributed by atoms with E-state index in [-0.39, 0.29) is 5.41 Å². The largest absolute Gasteiger partial charge is 0.198 e. The van der Waals surface area contributed by atoms with Crippen LogP contribution < -0.4 is 0 Å². The average molecular weight is 257 g/mol. The molecule has 0 amide bonds. The molecule has 0 aliphatic carbocycles. The Balaban J connectivity index is -0.000000289. The summed E-state index contributed by atoms with van der Waals surface area (Å²) in [5, 5.41) is 8.77. The van der Waals surface area contributed by atoms with Gasteiger partial charge in [-0.05, 0) is 26.7 Å². The van der Waals surface area contributed by atoms with Gasteiger partial charge in [-0.2, -0.15) is 5.26 Å². The minimum Gasteiger partial charge on any atom is -0.198 e. The van der Waals surface area contributed by atoms with E-state index in [1.165, 1.54) is 0 Å². The van der Waals surface area contributed by atoms with E-state index >= 15 is 0 Å². The maximum absolute atomic E-state index is 8.77. The van der Waals surface area contributed by atoms with E-state index < -0.39 is 0 Å². The van der Waals surface area contributed by atoms with Crippen molar-refractivity contribution in [1.29, 1.82) is 5.26 Å². The first-order valence-electron chi connectivity index (χ1n) is 4.99. The SMILES string of the molecule is C=C.C=CC.CC(CSC=S)C(C)(C)C#N. The van der Waals surface area contributed by atoms with Gasteiger partial charge in [0.05, 0.1) is 11.5 Å². The first kappa shape index (κ1) is 20.8. The van der Waals surface area contributed by atoms with E-state index in [0.717, 1.165) is 5.75 Å². The van der Waals surface area contributed by atoms with E-state index in [1.54, 1.807) is 22.5 Å². The van der Waals surface area contributed by atoms with E-state index in [2.05, 4.69) is 44.9 Å². The van der Waals surface area contributed by atoms with Crippen molar-refractivity contribution < 1.29 is 0 Å². The topological polar surface area (TPSA) is 23.8 Å². The van der Waals surface area contributed by atoms with Crippen LogP contribution in [0.15, 0.2) is 25.8 Å². The van der Waals surface area contributed by atoms with Crippen LogP contribution in [0.1, 0.15) is 27.7 Å². The first-order chi connectivity index (χ1) is 7.46. The molecule has 0 aromatic rings. The molecule has 1 unspecified atom stereocenters. The van der Waals surface area contributed by atoms with Crippen LogP contribution in [0.5, 0.6) is 0 Å². The van der Waals surface area contributed by atoms with Crippen LogP contribution in [0.3, 0.4) is 0 Å². The van der Waals surface area contributed by atoms with Crippen molar-refractivity contribution in [3.63, 3.8) is 0 Å². The molecular weight excluding hydrogens is 234 g/mol. The highest BCUT2D eigenvalue weighted by molar-refractivity contribution is 8.20. The van der Waals surface area contributed by atoms with Gasteiger partial charge < -0.3 is 0 Å². The lowest BCUT2D eigenvalue weighted by Gasteiger charge is -2.22. The normalized spacial score (nSPS) is 10.4. The molecule has 0 aliphatic rings. The van der Waals surface area contributed by atoms with Crippen molar-refractivity contribution in [2.75, 3.05) is 5.75 Å². The van der Waals surface area contributed by atoms with Crippen LogP contribution in [0, 0.1) is 22.7 Å². The number of thiocarbonyl (C=S) groups is 1. The number of nitriles is 1. The molecule has 0 aliphatic heterocycles. The third-order valence-electron chi connectivity index (χ3n) is 1.93. The van der Waals surface area contributed by atoms with Gasteiger partial charge in [0, 0.05) is 10.5 Å². The molecular formula is C13H23NS2. The zero-order valence-electron chi connectivity index (χ0n) is 10.8. The fourth-order valence-electron chi connectivity index (χ4n) is 0.502. The molecule has 0 rings (SSSR count). The van der Waals surface area contributed by atoms with Crippen LogP contribution in [0.25, 0.3) is 0 Å². The second kappa shape index (κ2) is 14.4. The molecule has 0 aromatic heterocycles. The third-order valence-corrected chi connectivity index (χ3v) is 3.17. The monoisotopic (exact) mass is 257 g/mol. The van der Waals surface area contributed by atoms with Crippen molar-refractivity contribution in [2.45, 2.75) is 27.7 Å². The number of thioether (sulfide) groups is 1. The number of nitrogens with zero attached hydrogens (tertiary/aromatic N) is 1. The third kappa shape index (κ3) is 13.4. The van der Waals surface area contributed by atoms with Crippen molar-refractivity contribution in [3.05, 3.63) is 25.8 Å². The molecule has 0 saturated carbocycles. The van der Waals surface area contributed by atoms with Gasteiger partial charge in [0.25, 0.3) is 0 Å². The molecule has 16 heavy (non-hydrogen) atoms. The summed E-state index contributed by atoms with van der Waals surface area (Å²) >= 11 is 6.28. The summed E-state index contributed by atoms with van der Waals surface area (Å²) in [7, 11) is 0. The molecule has 0 aromatic carbocycles. The summed E-state index contributed by atoms with van der Waals surface area (Å²) in [5.41, 5.74) is -0.231. The molecule has 1 nitrogen and oxygen atoms in total. The van der Waals surface area contributed by atoms with Gasteiger partial charge in [-0.3, -0.25) is 0 Å². The van der Waals surface area contributed by atoms with Crippen LogP contribution in [0.4, 0.5) is 0 Å². The van der Waals surface area contributed by atoms with Gasteiger partial charge in [-0.15, -0.1) is 31.5 Å². The maximum Gasteiger partial charge on any atom is 0.0687 e. The Morgan fingerprint density at radius 1 is 1.50 bits per heavy atom. The molecule has 1 atom stereocenters. The number of rotatable bonds is 4. The number of hydrogen-bond acceptors (Lipinski definition) is 3. The van der Waals surface area contributed by atoms with Gasteiger partial charge in [-0.1, -0.05) is 25.2 Å². The van der Waals surface area contributed by atoms with Gasteiger partial charge in [0.1, 0.15) is 0 Å². The number of hydrogen-bond donors (Lipinski definition) is 0. The lowest BCUT2D eigenvalue weighted by Crippen LogP contribution is -2.21.